The van der Waals surface area contributed by atoms with Gasteiger partial charge in [0.05, 0.1) is 18.2 Å². The van der Waals surface area contributed by atoms with E-state index in [9.17, 15) is 19.8 Å². The monoisotopic (exact) mass is 515 g/mol. The largest absolute Gasteiger partial charge is 0.507 e. The van der Waals surface area contributed by atoms with Crippen LogP contribution in [0.4, 0.5) is 0 Å². The summed E-state index contributed by atoms with van der Waals surface area (Å²) in [5, 5.41) is 21.7. The molecular formula is C30H29NO7. The third-order valence-corrected chi connectivity index (χ3v) is 6.80. The van der Waals surface area contributed by atoms with Crippen LogP contribution in [-0.4, -0.2) is 46.6 Å². The van der Waals surface area contributed by atoms with Crippen LogP contribution in [0.3, 0.4) is 0 Å². The van der Waals surface area contributed by atoms with E-state index in [1.165, 1.54) is 11.0 Å². The van der Waals surface area contributed by atoms with E-state index in [2.05, 4.69) is 0 Å². The van der Waals surface area contributed by atoms with E-state index in [0.29, 0.717) is 42.4 Å². The first-order chi connectivity index (χ1) is 18.3. The summed E-state index contributed by atoms with van der Waals surface area (Å²) in [6, 6.07) is 14.6. The van der Waals surface area contributed by atoms with Crippen LogP contribution in [0.2, 0.25) is 0 Å². The number of phenolic OH excluding ortho intramolecular Hbond substituents is 1. The van der Waals surface area contributed by atoms with Gasteiger partial charge in [0.1, 0.15) is 19.0 Å². The van der Waals surface area contributed by atoms with Gasteiger partial charge in [-0.15, -0.1) is 0 Å². The van der Waals surface area contributed by atoms with Crippen LogP contribution >= 0.6 is 0 Å². The topological polar surface area (TPSA) is 106 Å². The fraction of sp³-hybridized carbons (Fsp3) is 0.267. The standard InChI is InChI=1S/C30H29NO7/c1-4-36-24-14-19(7-9-22(24)32)27-26(28(33)20-8-10-23-25(15-20)38-12-11-37-23)29(34)30(35)31(27)16-21-13-17(2)5-6-18(21)3/h5-10,13-15,27,32-33H,4,11-12,16H2,1-3H3/b28-26+. The lowest BCUT2D eigenvalue weighted by Gasteiger charge is -2.27. The first-order valence-electron chi connectivity index (χ1n) is 12.5. The molecule has 1 fully saturated rings. The van der Waals surface area contributed by atoms with Crippen molar-refractivity contribution in [2.24, 2.45) is 0 Å². The highest BCUT2D eigenvalue weighted by molar-refractivity contribution is 6.46. The van der Waals surface area contributed by atoms with Crippen molar-refractivity contribution in [1.29, 1.82) is 0 Å². The number of Topliss-reactive ketones (excluding diaryl/α,β-unsaturated/α-hetero) is 1. The predicted octanol–water partition coefficient (Wildman–Crippen LogP) is 4.80. The van der Waals surface area contributed by atoms with Crippen LogP contribution < -0.4 is 14.2 Å². The summed E-state index contributed by atoms with van der Waals surface area (Å²) in [6.45, 7) is 6.97. The number of nitrogens with zero attached hydrogens (tertiary/aromatic N) is 1. The van der Waals surface area contributed by atoms with Crippen LogP contribution in [-0.2, 0) is 16.1 Å². The molecule has 0 aliphatic carbocycles. The number of rotatable bonds is 6. The van der Waals surface area contributed by atoms with Crippen molar-refractivity contribution in [3.05, 3.63) is 88.0 Å². The first-order valence-corrected chi connectivity index (χ1v) is 12.5. The number of aliphatic hydroxyl groups is 1. The highest BCUT2D eigenvalue weighted by Crippen LogP contribution is 2.43. The summed E-state index contributed by atoms with van der Waals surface area (Å²) >= 11 is 0. The molecule has 5 rings (SSSR count). The number of ether oxygens (including phenoxy) is 3. The molecule has 2 N–H and O–H groups in total. The average molecular weight is 516 g/mol. The van der Waals surface area contributed by atoms with Crippen molar-refractivity contribution in [3.8, 4) is 23.0 Å². The second-order valence-electron chi connectivity index (χ2n) is 9.38. The number of phenols is 1. The van der Waals surface area contributed by atoms with E-state index in [4.69, 9.17) is 14.2 Å². The lowest BCUT2D eigenvalue weighted by Crippen LogP contribution is -2.29. The number of aromatic hydroxyl groups is 1. The molecule has 1 saturated heterocycles. The molecule has 0 saturated carbocycles. The number of carbonyl (C=O) groups excluding carboxylic acids is 2. The number of likely N-dealkylation sites (tertiary alicyclic amines) is 1. The smallest absolute Gasteiger partial charge is 0.295 e. The zero-order valence-electron chi connectivity index (χ0n) is 21.5. The number of ketones is 1. The molecule has 8 heteroatoms. The van der Waals surface area contributed by atoms with Crippen molar-refractivity contribution in [2.45, 2.75) is 33.4 Å². The van der Waals surface area contributed by atoms with E-state index in [-0.39, 0.29) is 29.4 Å². The van der Waals surface area contributed by atoms with Crippen LogP contribution in [0, 0.1) is 13.8 Å². The van der Waals surface area contributed by atoms with Crippen LogP contribution in [0.1, 0.15) is 40.8 Å². The summed E-state index contributed by atoms with van der Waals surface area (Å²) < 4.78 is 16.8. The fourth-order valence-electron chi connectivity index (χ4n) is 4.86. The zero-order chi connectivity index (χ0) is 27.0. The average Bonchev–Trinajstić information content (AvgIpc) is 3.16. The molecule has 0 radical (unpaired) electrons. The highest BCUT2D eigenvalue weighted by atomic mass is 16.6. The molecule has 2 aliphatic rings. The molecule has 1 amide bonds. The number of benzene rings is 3. The van der Waals surface area contributed by atoms with Crippen molar-refractivity contribution in [3.63, 3.8) is 0 Å². The molecule has 0 spiro atoms. The van der Waals surface area contributed by atoms with Gasteiger partial charge in [0.15, 0.2) is 23.0 Å². The molecule has 196 valence electrons. The fourth-order valence-corrected chi connectivity index (χ4v) is 4.86. The van der Waals surface area contributed by atoms with E-state index in [0.717, 1.165) is 16.7 Å². The number of aryl methyl sites for hydroxylation is 2. The summed E-state index contributed by atoms with van der Waals surface area (Å²) in [4.78, 5) is 28.4. The molecule has 3 aromatic rings. The second-order valence-corrected chi connectivity index (χ2v) is 9.38. The summed E-state index contributed by atoms with van der Waals surface area (Å²) in [5.74, 6) is -0.681. The lowest BCUT2D eigenvalue weighted by atomic mass is 9.94. The van der Waals surface area contributed by atoms with Gasteiger partial charge in [-0.2, -0.15) is 0 Å². The van der Waals surface area contributed by atoms with Gasteiger partial charge in [0.2, 0.25) is 0 Å². The quantitative estimate of drug-likeness (QED) is 0.276. The first kappa shape index (κ1) is 25.2. The molecule has 1 unspecified atom stereocenters. The number of fused-ring (bicyclic) bond motifs is 1. The van der Waals surface area contributed by atoms with Crippen molar-refractivity contribution < 1.29 is 34.0 Å². The van der Waals surface area contributed by atoms with Gasteiger partial charge >= 0.3 is 0 Å². The molecular weight excluding hydrogens is 486 g/mol. The van der Waals surface area contributed by atoms with Crippen molar-refractivity contribution in [1.82, 2.24) is 4.90 Å². The lowest BCUT2D eigenvalue weighted by molar-refractivity contribution is -0.140. The number of hydrogen-bond donors (Lipinski definition) is 2. The second kappa shape index (κ2) is 10.1. The van der Waals surface area contributed by atoms with Crippen LogP contribution in [0.5, 0.6) is 23.0 Å². The highest BCUT2D eigenvalue weighted by Gasteiger charge is 2.46. The molecule has 2 heterocycles. The maximum atomic E-state index is 13.5. The van der Waals surface area contributed by atoms with Gasteiger partial charge in [-0.05, 0) is 67.8 Å². The molecule has 1 atom stereocenters. The summed E-state index contributed by atoms with van der Waals surface area (Å²) in [7, 11) is 0. The molecule has 2 aliphatic heterocycles. The molecule has 0 aromatic heterocycles. The number of carbonyl (C=O) groups is 2. The van der Waals surface area contributed by atoms with Gasteiger partial charge in [-0.1, -0.05) is 29.8 Å². The molecule has 0 bridgehead atoms. The number of aliphatic hydroxyl groups excluding tert-OH is 1. The van der Waals surface area contributed by atoms with Crippen molar-refractivity contribution >= 4 is 17.4 Å². The Balaban J connectivity index is 1.66. The maximum absolute atomic E-state index is 13.5. The third-order valence-electron chi connectivity index (χ3n) is 6.80. The van der Waals surface area contributed by atoms with Gasteiger partial charge in [0, 0.05) is 12.1 Å². The molecule has 38 heavy (non-hydrogen) atoms. The van der Waals surface area contributed by atoms with Crippen molar-refractivity contribution in [2.75, 3.05) is 19.8 Å². The number of amides is 1. The Morgan fingerprint density at radius 3 is 2.53 bits per heavy atom. The minimum absolute atomic E-state index is 0.0508. The van der Waals surface area contributed by atoms with Gasteiger partial charge < -0.3 is 29.3 Å². The normalized spacial score (nSPS) is 18.1. The Bertz CT molecular complexity index is 1460. The SMILES string of the molecule is CCOc1cc(C2/C(=C(\O)c3ccc4c(c3)OCCO4)C(=O)C(=O)N2Cc2cc(C)ccc2C)ccc1O. The molecule has 3 aromatic carbocycles. The van der Waals surface area contributed by atoms with Crippen LogP contribution in [0.15, 0.2) is 60.2 Å². The Kier molecular flexibility index (Phi) is 6.72. The zero-order valence-corrected chi connectivity index (χ0v) is 21.5. The van der Waals surface area contributed by atoms with E-state index >= 15 is 0 Å². The van der Waals surface area contributed by atoms with Crippen LogP contribution in [0.25, 0.3) is 5.76 Å². The van der Waals surface area contributed by atoms with E-state index in [1.54, 1.807) is 37.3 Å². The Labute approximate surface area is 220 Å². The van der Waals surface area contributed by atoms with Gasteiger partial charge in [-0.3, -0.25) is 9.59 Å². The minimum Gasteiger partial charge on any atom is -0.507 e. The van der Waals surface area contributed by atoms with E-state index < -0.39 is 17.7 Å². The molecule has 8 nitrogen and oxygen atoms in total. The minimum atomic E-state index is -0.914. The Morgan fingerprint density at radius 1 is 1.00 bits per heavy atom. The maximum Gasteiger partial charge on any atom is 0.295 e. The van der Waals surface area contributed by atoms with Gasteiger partial charge in [0.25, 0.3) is 11.7 Å². The van der Waals surface area contributed by atoms with Gasteiger partial charge in [-0.25, -0.2) is 0 Å². The summed E-state index contributed by atoms with van der Waals surface area (Å²) in [5.41, 5.74) is 3.69. The predicted molar refractivity (Wildman–Crippen MR) is 140 cm³/mol. The number of hydrogen-bond acceptors (Lipinski definition) is 7. The summed E-state index contributed by atoms with van der Waals surface area (Å²) in [6.07, 6.45) is 0. The third kappa shape index (κ3) is 4.53. The van der Waals surface area contributed by atoms with E-state index in [1.807, 2.05) is 32.0 Å². The Morgan fingerprint density at radius 2 is 1.76 bits per heavy atom. The Hall–Kier alpha value is -4.46.